The number of hydrogen-bond donors (Lipinski definition) is 3. The molecule has 0 bridgehead atoms. The van der Waals surface area contributed by atoms with Crippen molar-refractivity contribution in [2.45, 2.75) is 4.90 Å². The molecule has 2 rings (SSSR count). The highest BCUT2D eigenvalue weighted by molar-refractivity contribution is 9.11. The molecule has 0 heterocycles. The molecule has 12 heteroatoms. The fourth-order valence-electron chi connectivity index (χ4n) is 1.79. The zero-order valence-electron chi connectivity index (χ0n) is 12.2. The van der Waals surface area contributed by atoms with Crippen LogP contribution in [0.2, 0.25) is 0 Å². The van der Waals surface area contributed by atoms with Crippen molar-refractivity contribution in [3.05, 3.63) is 55.0 Å². The number of hydrazone groups is 1. The van der Waals surface area contributed by atoms with Crippen LogP contribution in [-0.2, 0) is 10.0 Å². The summed E-state index contributed by atoms with van der Waals surface area (Å²) in [6, 6.07) is 6.35. The summed E-state index contributed by atoms with van der Waals surface area (Å²) in [4.78, 5) is 9.95. The Kier molecular flexibility index (Phi) is 5.77. The van der Waals surface area contributed by atoms with Gasteiger partial charge in [-0.15, -0.1) is 0 Å². The lowest BCUT2D eigenvalue weighted by Crippen LogP contribution is -2.12. The summed E-state index contributed by atoms with van der Waals surface area (Å²) in [5, 5.41) is 29.8. The maximum atomic E-state index is 11.3. The van der Waals surface area contributed by atoms with E-state index < -0.39 is 20.6 Å². The van der Waals surface area contributed by atoms with Crippen molar-refractivity contribution in [1.82, 2.24) is 0 Å². The predicted octanol–water partition coefficient (Wildman–Crippen LogP) is 2.92. The summed E-state index contributed by atoms with van der Waals surface area (Å²) < 4.78 is 23.7. The van der Waals surface area contributed by atoms with Crippen LogP contribution in [0.25, 0.3) is 0 Å². The topological polar surface area (TPSA) is 148 Å². The highest BCUT2D eigenvalue weighted by atomic mass is 79.9. The number of sulfonamides is 1. The molecule has 25 heavy (non-hydrogen) atoms. The van der Waals surface area contributed by atoms with E-state index in [0.29, 0.717) is 14.5 Å². The van der Waals surface area contributed by atoms with Crippen molar-refractivity contribution in [2.24, 2.45) is 10.2 Å². The van der Waals surface area contributed by atoms with Gasteiger partial charge in [0.2, 0.25) is 10.0 Å². The molecule has 0 aliphatic heterocycles. The minimum atomic E-state index is -4.07. The number of nitrogens with two attached hydrogens (primary N) is 1. The van der Waals surface area contributed by atoms with Crippen LogP contribution in [0.1, 0.15) is 5.56 Å². The van der Waals surface area contributed by atoms with E-state index in [0.717, 1.165) is 12.1 Å². The van der Waals surface area contributed by atoms with Gasteiger partial charge in [-0.2, -0.15) is 5.10 Å². The van der Waals surface area contributed by atoms with Crippen LogP contribution in [0.3, 0.4) is 0 Å². The molecular formula is C13H10Br2N4O5S. The van der Waals surface area contributed by atoms with Gasteiger partial charge in [-0.25, -0.2) is 13.6 Å². The second-order valence-electron chi connectivity index (χ2n) is 4.68. The number of benzene rings is 2. The number of nitrogens with zero attached hydrogens (tertiary/aromatic N) is 2. The Morgan fingerprint density at radius 1 is 1.28 bits per heavy atom. The van der Waals surface area contributed by atoms with Gasteiger partial charge in [0, 0.05) is 16.1 Å². The average Bonchev–Trinajstić information content (AvgIpc) is 2.50. The molecule has 0 saturated heterocycles. The highest BCUT2D eigenvalue weighted by Crippen LogP contribution is 2.31. The Labute approximate surface area is 159 Å². The summed E-state index contributed by atoms with van der Waals surface area (Å²) in [7, 11) is -4.07. The number of hydrogen-bond acceptors (Lipinski definition) is 7. The number of anilines is 1. The van der Waals surface area contributed by atoms with Gasteiger partial charge in [0.05, 0.1) is 20.5 Å². The first-order chi connectivity index (χ1) is 11.6. The van der Waals surface area contributed by atoms with Gasteiger partial charge < -0.3 is 5.11 Å². The molecule has 9 nitrogen and oxygen atoms in total. The standard InChI is InChI=1S/C13H10Br2N4O5S/c14-8-3-7(13(20)10(15)4-8)6-17-18-11-2-1-9(25(16,23)24)5-12(11)19(21)22/h1-6,18,20H,(H2,16,23,24)/b17-6+. The van der Waals surface area contributed by atoms with Gasteiger partial charge in [0.15, 0.2) is 0 Å². The summed E-state index contributed by atoms with van der Waals surface area (Å²) >= 11 is 6.43. The Morgan fingerprint density at radius 3 is 2.56 bits per heavy atom. The minimum absolute atomic E-state index is 0.0396. The van der Waals surface area contributed by atoms with E-state index in [4.69, 9.17) is 5.14 Å². The van der Waals surface area contributed by atoms with Crippen molar-refractivity contribution >= 4 is 59.5 Å². The molecule has 0 saturated carbocycles. The van der Waals surface area contributed by atoms with Crippen molar-refractivity contribution in [1.29, 1.82) is 0 Å². The van der Waals surface area contributed by atoms with Gasteiger partial charge >= 0.3 is 0 Å². The number of phenols is 1. The molecule has 0 atom stereocenters. The largest absolute Gasteiger partial charge is 0.506 e. The zero-order chi connectivity index (χ0) is 18.8. The number of nitro groups is 1. The Morgan fingerprint density at radius 2 is 1.96 bits per heavy atom. The fraction of sp³-hybridized carbons (Fsp3) is 0. The third kappa shape index (κ3) is 4.75. The van der Waals surface area contributed by atoms with E-state index in [1.54, 1.807) is 12.1 Å². The SMILES string of the molecule is NS(=O)(=O)c1ccc(N/N=C/c2cc(Br)cc(Br)c2O)c([N+](=O)[O-])c1. The van der Waals surface area contributed by atoms with E-state index in [1.807, 2.05) is 0 Å². The molecule has 0 unspecified atom stereocenters. The Bertz CT molecular complexity index is 979. The molecule has 4 N–H and O–H groups in total. The normalized spacial score (nSPS) is 11.6. The first-order valence-electron chi connectivity index (χ1n) is 6.38. The molecule has 0 fully saturated rings. The van der Waals surface area contributed by atoms with Crippen LogP contribution >= 0.6 is 31.9 Å². The van der Waals surface area contributed by atoms with E-state index >= 15 is 0 Å². The van der Waals surface area contributed by atoms with Crippen LogP contribution in [0.5, 0.6) is 5.75 Å². The summed E-state index contributed by atoms with van der Waals surface area (Å²) in [5.41, 5.74) is 2.23. The lowest BCUT2D eigenvalue weighted by Gasteiger charge is -2.05. The van der Waals surface area contributed by atoms with Crippen LogP contribution < -0.4 is 10.6 Å². The molecule has 0 spiro atoms. The van der Waals surface area contributed by atoms with Crippen molar-refractivity contribution in [2.75, 3.05) is 5.43 Å². The molecule has 0 aliphatic carbocycles. The first-order valence-corrected chi connectivity index (χ1v) is 9.51. The van der Waals surface area contributed by atoms with Gasteiger partial charge in [-0.05, 0) is 40.2 Å². The van der Waals surface area contributed by atoms with Crippen LogP contribution in [-0.4, -0.2) is 24.7 Å². The van der Waals surface area contributed by atoms with E-state index in [1.165, 1.54) is 12.3 Å². The predicted molar refractivity (Wildman–Crippen MR) is 99.2 cm³/mol. The van der Waals surface area contributed by atoms with Crippen molar-refractivity contribution in [3.8, 4) is 5.75 Å². The van der Waals surface area contributed by atoms with Gasteiger partial charge in [0.25, 0.3) is 5.69 Å². The average molecular weight is 494 g/mol. The zero-order valence-corrected chi connectivity index (χ0v) is 16.2. The second kappa shape index (κ2) is 7.47. The van der Waals surface area contributed by atoms with Gasteiger partial charge in [-0.1, -0.05) is 15.9 Å². The third-order valence-corrected chi connectivity index (χ3v) is 4.91. The number of aromatic hydroxyl groups is 1. The number of phenolic OH excluding ortho intramolecular Hbond substituents is 1. The van der Waals surface area contributed by atoms with Crippen LogP contribution in [0, 0.1) is 10.1 Å². The Hall–Kier alpha value is -2.02. The maximum Gasteiger partial charge on any atom is 0.295 e. The third-order valence-electron chi connectivity index (χ3n) is 2.94. The Balaban J connectivity index is 2.34. The number of rotatable bonds is 5. The summed E-state index contributed by atoms with van der Waals surface area (Å²) in [5.74, 6) is -0.0622. The lowest BCUT2D eigenvalue weighted by molar-refractivity contribution is -0.384. The number of primary sulfonamides is 1. The van der Waals surface area contributed by atoms with E-state index in [9.17, 15) is 23.6 Å². The molecule has 132 valence electrons. The molecule has 2 aromatic carbocycles. The number of halogens is 2. The fourth-order valence-corrected chi connectivity index (χ4v) is 3.58. The van der Waals surface area contributed by atoms with Crippen LogP contribution in [0.15, 0.2) is 49.3 Å². The monoisotopic (exact) mass is 492 g/mol. The highest BCUT2D eigenvalue weighted by Gasteiger charge is 2.18. The summed E-state index contributed by atoms with van der Waals surface area (Å²) in [6.45, 7) is 0. The quantitative estimate of drug-likeness (QED) is 0.331. The van der Waals surface area contributed by atoms with Crippen molar-refractivity contribution < 1.29 is 18.4 Å². The molecule has 0 radical (unpaired) electrons. The second-order valence-corrected chi connectivity index (χ2v) is 8.01. The van der Waals surface area contributed by atoms with Crippen molar-refractivity contribution in [3.63, 3.8) is 0 Å². The first kappa shape index (κ1) is 19.3. The van der Waals surface area contributed by atoms with E-state index in [-0.39, 0.29) is 16.3 Å². The van der Waals surface area contributed by atoms with Gasteiger partial charge in [-0.3, -0.25) is 15.5 Å². The molecule has 2 aromatic rings. The number of nitro benzene ring substituents is 1. The molecular weight excluding hydrogens is 484 g/mol. The molecule has 0 aromatic heterocycles. The summed E-state index contributed by atoms with van der Waals surface area (Å²) in [6.07, 6.45) is 1.25. The smallest absolute Gasteiger partial charge is 0.295 e. The van der Waals surface area contributed by atoms with Gasteiger partial charge in [0.1, 0.15) is 11.4 Å². The molecule has 0 aliphatic rings. The maximum absolute atomic E-state index is 11.3. The molecule has 0 amide bonds. The van der Waals surface area contributed by atoms with E-state index in [2.05, 4.69) is 42.4 Å². The number of nitrogens with one attached hydrogen (secondary N) is 1. The minimum Gasteiger partial charge on any atom is -0.506 e. The lowest BCUT2D eigenvalue weighted by atomic mass is 10.2. The van der Waals surface area contributed by atoms with Crippen LogP contribution in [0.4, 0.5) is 11.4 Å².